The number of sulfonamides is 1. The fourth-order valence-corrected chi connectivity index (χ4v) is 4.75. The third-order valence-electron chi connectivity index (χ3n) is 5.12. The minimum absolute atomic E-state index is 0.0833. The summed E-state index contributed by atoms with van der Waals surface area (Å²) >= 11 is 0. The second kappa shape index (κ2) is 8.53. The maximum Gasteiger partial charge on any atom is 0.422 e. The molecule has 0 saturated carbocycles. The number of aliphatic hydroxyl groups is 1. The molecular formula is C19H16F7N3O5S. The number of anilines is 1. The normalized spacial score (nSPS) is 19.6. The van der Waals surface area contributed by atoms with E-state index in [1.807, 2.05) is 5.32 Å². The number of hydrogen-bond acceptors (Lipinski definition) is 5. The van der Waals surface area contributed by atoms with Gasteiger partial charge in [-0.3, -0.25) is 4.79 Å². The van der Waals surface area contributed by atoms with Crippen LogP contribution in [0, 0.1) is 5.82 Å². The first kappa shape index (κ1) is 26.5. The van der Waals surface area contributed by atoms with Crippen molar-refractivity contribution < 1.29 is 53.8 Å². The van der Waals surface area contributed by atoms with Crippen LogP contribution in [0.15, 0.2) is 41.9 Å². The first-order valence-corrected chi connectivity index (χ1v) is 10.9. The van der Waals surface area contributed by atoms with Crippen molar-refractivity contribution in [2.24, 2.45) is 7.05 Å². The van der Waals surface area contributed by atoms with Crippen molar-refractivity contribution in [3.8, 4) is 5.75 Å². The second-order valence-electron chi connectivity index (χ2n) is 7.44. The number of amides is 1. The van der Waals surface area contributed by atoms with E-state index < -0.39 is 79.9 Å². The molecule has 1 aliphatic rings. The Kier molecular flexibility index (Phi) is 6.45. The minimum atomic E-state index is -5.36. The summed E-state index contributed by atoms with van der Waals surface area (Å²) in [5.41, 5.74) is -6.51. The molecular weight excluding hydrogens is 515 g/mol. The number of halogens is 7. The molecule has 2 aromatic rings. The molecule has 1 aromatic carbocycles. The number of nitrogens with one attached hydrogen (secondary N) is 2. The van der Waals surface area contributed by atoms with Crippen molar-refractivity contribution in [1.82, 2.24) is 9.29 Å². The summed E-state index contributed by atoms with van der Waals surface area (Å²) in [4.78, 5) is 12.0. The highest BCUT2D eigenvalue weighted by molar-refractivity contribution is 7.89. The molecule has 2 heterocycles. The van der Waals surface area contributed by atoms with Gasteiger partial charge >= 0.3 is 12.4 Å². The van der Waals surface area contributed by atoms with Crippen LogP contribution < -0.4 is 14.8 Å². The quantitative estimate of drug-likeness (QED) is 0.415. The van der Waals surface area contributed by atoms with Crippen molar-refractivity contribution in [2.45, 2.75) is 28.9 Å². The number of rotatable bonds is 4. The van der Waals surface area contributed by atoms with Crippen LogP contribution in [0.5, 0.6) is 5.75 Å². The van der Waals surface area contributed by atoms with Crippen molar-refractivity contribution in [1.29, 1.82) is 0 Å². The summed E-state index contributed by atoms with van der Waals surface area (Å²) < 4.78 is 126. The summed E-state index contributed by atoms with van der Waals surface area (Å²) in [6.07, 6.45) is -9.53. The molecule has 1 amide bonds. The van der Waals surface area contributed by atoms with Crippen LogP contribution in [0.25, 0.3) is 0 Å². The van der Waals surface area contributed by atoms with E-state index >= 15 is 0 Å². The van der Waals surface area contributed by atoms with E-state index in [1.54, 1.807) is 4.72 Å². The van der Waals surface area contributed by atoms with Gasteiger partial charge in [0.05, 0.1) is 11.6 Å². The van der Waals surface area contributed by atoms with Gasteiger partial charge in [-0.05, 0) is 24.3 Å². The highest BCUT2D eigenvalue weighted by Gasteiger charge is 2.58. The largest absolute Gasteiger partial charge is 0.488 e. The summed E-state index contributed by atoms with van der Waals surface area (Å²) in [6.45, 7) is 1.79. The molecule has 0 aliphatic carbocycles. The summed E-state index contributed by atoms with van der Waals surface area (Å²) in [7, 11) is -3.63. The van der Waals surface area contributed by atoms with Gasteiger partial charge in [-0.1, -0.05) is 6.58 Å². The van der Waals surface area contributed by atoms with Gasteiger partial charge in [0.2, 0.25) is 10.0 Å². The van der Waals surface area contributed by atoms with E-state index in [2.05, 4.69) is 6.58 Å². The Hall–Kier alpha value is -3.11. The fraction of sp³-hybridized carbons (Fsp3) is 0.316. The van der Waals surface area contributed by atoms with Gasteiger partial charge in [0.1, 0.15) is 17.3 Å². The molecule has 3 rings (SSSR count). The van der Waals surface area contributed by atoms with Crippen molar-refractivity contribution in [3.63, 3.8) is 0 Å². The van der Waals surface area contributed by atoms with E-state index in [4.69, 9.17) is 4.74 Å². The fourth-order valence-electron chi connectivity index (χ4n) is 3.30. The van der Waals surface area contributed by atoms with Crippen LogP contribution in [-0.4, -0.2) is 48.4 Å². The van der Waals surface area contributed by atoms with Crippen LogP contribution >= 0.6 is 0 Å². The summed E-state index contributed by atoms with van der Waals surface area (Å²) in [6, 6.07) is -0.734. The van der Waals surface area contributed by atoms with E-state index in [0.29, 0.717) is 12.1 Å². The second-order valence-corrected chi connectivity index (χ2v) is 9.12. The lowest BCUT2D eigenvalue weighted by molar-refractivity contribution is -0.249. The number of benzene rings is 1. The standard InChI is InChI=1S/C19H16F7N3O5S/c1-3-17(31,19(24,25)26)13-8-34-15-12(35(32,33)28-13)7-29(2)14(15)16(30)27-9-4-5-11(20)10(6-9)18(21,22)23/h3-7,13,28,31H,1,8H2,2H3,(H,27,30)/t13-,17+/m1/s1. The van der Waals surface area contributed by atoms with E-state index in [0.717, 1.165) is 16.8 Å². The number of ether oxygens (including phenoxy) is 1. The van der Waals surface area contributed by atoms with Crippen molar-refractivity contribution in [3.05, 3.63) is 54.1 Å². The number of aryl methyl sites for hydroxylation is 1. The van der Waals surface area contributed by atoms with Crippen molar-refractivity contribution in [2.75, 3.05) is 11.9 Å². The first-order chi connectivity index (χ1) is 15.9. The lowest BCUT2D eigenvalue weighted by Crippen LogP contribution is -2.61. The van der Waals surface area contributed by atoms with Gasteiger partial charge in [0.15, 0.2) is 17.0 Å². The highest BCUT2D eigenvalue weighted by Crippen LogP contribution is 2.39. The zero-order chi connectivity index (χ0) is 26.6. The van der Waals surface area contributed by atoms with Crippen LogP contribution in [0.4, 0.5) is 36.4 Å². The van der Waals surface area contributed by atoms with Gasteiger partial charge in [0, 0.05) is 18.9 Å². The molecule has 0 spiro atoms. The number of hydrogen-bond donors (Lipinski definition) is 3. The number of alkyl halides is 6. The Morgan fingerprint density at radius 1 is 1.29 bits per heavy atom. The molecule has 0 fully saturated rings. The van der Waals surface area contributed by atoms with Gasteiger partial charge in [-0.15, -0.1) is 0 Å². The Morgan fingerprint density at radius 2 is 1.91 bits per heavy atom. The number of nitrogens with zero attached hydrogens (tertiary/aromatic N) is 1. The van der Waals surface area contributed by atoms with E-state index in [9.17, 15) is 49.1 Å². The van der Waals surface area contributed by atoms with Crippen LogP contribution in [-0.2, 0) is 23.2 Å². The molecule has 0 radical (unpaired) electrons. The van der Waals surface area contributed by atoms with E-state index in [-0.39, 0.29) is 6.08 Å². The molecule has 192 valence electrons. The molecule has 3 N–H and O–H groups in total. The number of carbonyl (C=O) groups excluding carboxylic acids is 1. The SMILES string of the molecule is C=C[C@](O)([C@H]1COc2c(cn(C)c2C(=O)Nc2ccc(F)c(C(F)(F)F)c2)S(=O)(=O)N1)C(F)(F)F. The molecule has 1 aliphatic heterocycles. The number of fused-ring (bicyclic) bond motifs is 1. The molecule has 0 bridgehead atoms. The Balaban J connectivity index is 2.00. The van der Waals surface area contributed by atoms with Gasteiger partial charge in [-0.2, -0.15) is 26.3 Å². The molecule has 35 heavy (non-hydrogen) atoms. The first-order valence-electron chi connectivity index (χ1n) is 9.37. The van der Waals surface area contributed by atoms with Gasteiger partial charge in [-0.25, -0.2) is 17.5 Å². The van der Waals surface area contributed by atoms with Crippen LogP contribution in [0.1, 0.15) is 16.1 Å². The zero-order valence-corrected chi connectivity index (χ0v) is 18.3. The summed E-state index contributed by atoms with van der Waals surface area (Å²) in [5, 5.41) is 12.1. The zero-order valence-electron chi connectivity index (χ0n) is 17.5. The van der Waals surface area contributed by atoms with Crippen LogP contribution in [0.2, 0.25) is 0 Å². The van der Waals surface area contributed by atoms with Gasteiger partial charge in [0.25, 0.3) is 5.91 Å². The molecule has 0 unspecified atom stereocenters. The Morgan fingerprint density at radius 3 is 2.46 bits per heavy atom. The maximum atomic E-state index is 13.5. The number of carbonyl (C=O) groups is 1. The molecule has 2 atom stereocenters. The lowest BCUT2D eigenvalue weighted by atomic mass is 9.95. The average Bonchev–Trinajstić information content (AvgIpc) is 3.00. The third-order valence-corrected chi connectivity index (χ3v) is 6.59. The minimum Gasteiger partial charge on any atom is -0.488 e. The molecule has 8 nitrogen and oxygen atoms in total. The Labute approximate surface area is 193 Å². The van der Waals surface area contributed by atoms with Gasteiger partial charge < -0.3 is 19.7 Å². The average molecular weight is 531 g/mol. The molecule has 0 saturated heterocycles. The number of aromatic nitrogens is 1. The summed E-state index contributed by atoms with van der Waals surface area (Å²) in [5.74, 6) is -3.53. The predicted molar refractivity (Wildman–Crippen MR) is 106 cm³/mol. The monoisotopic (exact) mass is 531 g/mol. The molecule has 1 aromatic heterocycles. The lowest BCUT2D eigenvalue weighted by Gasteiger charge is -2.33. The van der Waals surface area contributed by atoms with E-state index in [1.165, 1.54) is 7.05 Å². The Bertz CT molecular complexity index is 1290. The topological polar surface area (TPSA) is 110 Å². The predicted octanol–water partition coefficient (Wildman–Crippen LogP) is 2.95. The maximum absolute atomic E-state index is 13.5. The van der Waals surface area contributed by atoms with Crippen molar-refractivity contribution >= 4 is 21.6 Å². The smallest absolute Gasteiger partial charge is 0.422 e. The molecule has 16 heteroatoms. The highest BCUT2D eigenvalue weighted by atomic mass is 32.2. The third kappa shape index (κ3) is 4.72. The van der Waals surface area contributed by atoms with Crippen LogP contribution in [0.3, 0.4) is 0 Å².